The van der Waals surface area contributed by atoms with Crippen molar-refractivity contribution in [3.63, 3.8) is 0 Å². The van der Waals surface area contributed by atoms with Crippen molar-refractivity contribution >= 4 is 71.7 Å². The van der Waals surface area contributed by atoms with Gasteiger partial charge in [-0.25, -0.2) is 0 Å². The minimum absolute atomic E-state index is 0. The maximum absolute atomic E-state index is 12.2. The van der Waals surface area contributed by atoms with Gasteiger partial charge in [-0.1, -0.05) is 283 Å². The Morgan fingerprint density at radius 2 is 0.695 bits per heavy atom. The monoisotopic (exact) mass is 2100 g/mol. The summed E-state index contributed by atoms with van der Waals surface area (Å²) in [5.74, 6) is -1.75. The Hall–Kier alpha value is -6.87. The molecule has 0 atom stereocenters. The molecule has 784 valence electrons. The number of hydrogen-bond acceptors (Lipinski definition) is 22. The van der Waals surface area contributed by atoms with E-state index in [1.165, 1.54) is 201 Å². The molecule has 0 saturated carbocycles. The number of aliphatic carboxylic acids is 2. The van der Waals surface area contributed by atoms with E-state index in [1.807, 2.05) is 18.1 Å². The van der Waals surface area contributed by atoms with Gasteiger partial charge in [0.05, 0.1) is 71.7 Å². The van der Waals surface area contributed by atoms with E-state index in [1.54, 1.807) is 0 Å². The molecule has 0 bridgehead atoms. The molecule has 0 aromatic heterocycles. The van der Waals surface area contributed by atoms with Crippen molar-refractivity contribution in [2.24, 2.45) is 0 Å². The number of aryl methyl sites for hydroxylation is 7. The average Bonchev–Trinajstić information content (AvgIpc) is 1.64. The van der Waals surface area contributed by atoms with Crippen LogP contribution in [0.2, 0.25) is 0 Å². The predicted octanol–water partition coefficient (Wildman–Crippen LogP) is 14.8. The zero-order valence-electron chi connectivity index (χ0n) is 87.4. The maximum Gasteiger partial charge on any atom is 1.00 e. The minimum atomic E-state index is -5.73. The van der Waals surface area contributed by atoms with Gasteiger partial charge in [-0.05, 0) is 245 Å². The molecule has 0 spiro atoms. The van der Waals surface area contributed by atoms with Gasteiger partial charge in [-0.15, -0.1) is 0 Å². The molecule has 4 N–H and O–H groups in total. The molecule has 6 aromatic rings. The van der Waals surface area contributed by atoms with Crippen molar-refractivity contribution in [3.8, 4) is 17.2 Å². The first-order valence-electron chi connectivity index (χ1n) is 47.0. The number of benzene rings is 6. The molecule has 0 amide bonds. The van der Waals surface area contributed by atoms with E-state index < -0.39 is 45.3 Å². The molecule has 32 heteroatoms. The van der Waals surface area contributed by atoms with Crippen LogP contribution in [0.15, 0.2) is 133 Å². The minimum Gasteiger partial charge on any atom is -0.870 e. The zero-order chi connectivity index (χ0) is 100. The van der Waals surface area contributed by atoms with Gasteiger partial charge in [0.1, 0.15) is 17.2 Å². The second kappa shape index (κ2) is 89.5. The number of phenolic OH excluding ortho intramolecular Hbond substituents is 2. The average molecular weight is 2100 g/mol. The predicted molar refractivity (Wildman–Crippen MR) is 542 cm³/mol. The summed E-state index contributed by atoms with van der Waals surface area (Å²) in [5, 5.41) is 46.3. The van der Waals surface area contributed by atoms with Gasteiger partial charge < -0.3 is 80.7 Å². The Morgan fingerprint density at radius 3 is 0.965 bits per heavy atom. The SMILES string of the molecule is C.C.CCC/C=C/B1OC(C)(C)C(C)(C)O1.CCC/C=C/c1cc(/C=C/CCC)cc(CC(=O)OC)c1.CCCCCc1cc(CCCCC)cc(CC(=O)O)c1.CCCCCc1cc(CCCCC)cc(CC(=O)OC)c1.CCCCCc1cc(CCCCC)cc(CC(=O)[O-])c1.COC(=O)Cc1cc(C)cc(OS(=O)(=O)C(F)(F)F)c1.COC(=O)Cc1cc(O)cc(O)c1.O=CO[O-].[CH3-].[Li+].[Na+].[Na+].[OH-].[Pd]. The van der Waals surface area contributed by atoms with Crippen LogP contribution in [0.3, 0.4) is 0 Å². The zero-order valence-corrected chi connectivity index (χ0v) is 93.7. The number of carbonyl (C=O) groups is 7. The van der Waals surface area contributed by atoms with Crippen LogP contribution in [0.1, 0.15) is 342 Å². The molecular weight excluding hydrogens is 1940 g/mol. The summed E-state index contributed by atoms with van der Waals surface area (Å²) in [5.41, 5.74) is 9.45. The normalized spacial score (nSPS) is 11.5. The van der Waals surface area contributed by atoms with Crippen molar-refractivity contribution in [1.82, 2.24) is 0 Å². The summed E-state index contributed by atoms with van der Waals surface area (Å²) >= 11 is 0. The molecule has 1 heterocycles. The molecule has 1 saturated heterocycles. The Bertz CT molecular complexity index is 4330. The van der Waals surface area contributed by atoms with E-state index in [-0.39, 0.29) is 206 Å². The first-order chi connectivity index (χ1) is 63.1. The molecule has 0 radical (unpaired) electrons. The molecule has 1 fully saturated rings. The van der Waals surface area contributed by atoms with E-state index in [4.69, 9.17) is 44.2 Å². The number of unbranched alkanes of at least 4 members (excludes halogenated alkanes) is 15. The summed E-state index contributed by atoms with van der Waals surface area (Å²) < 4.78 is 92.4. The number of halogens is 3. The number of aromatic hydroxyl groups is 2. The van der Waals surface area contributed by atoms with Crippen molar-refractivity contribution in [3.05, 3.63) is 224 Å². The number of allylic oxidation sites excluding steroid dienone is 3. The Morgan fingerprint density at radius 1 is 0.426 bits per heavy atom. The van der Waals surface area contributed by atoms with Crippen LogP contribution in [0, 0.1) is 14.4 Å². The van der Waals surface area contributed by atoms with Gasteiger partial charge >= 0.3 is 131 Å². The van der Waals surface area contributed by atoms with Crippen molar-refractivity contribution in [1.29, 1.82) is 0 Å². The van der Waals surface area contributed by atoms with Crippen LogP contribution in [0.5, 0.6) is 17.2 Å². The Kier molecular flexibility index (Phi) is 96.4. The van der Waals surface area contributed by atoms with E-state index >= 15 is 0 Å². The number of carboxylic acid groups (broad SMARTS) is 2. The van der Waals surface area contributed by atoms with Crippen LogP contribution >= 0.6 is 0 Å². The van der Waals surface area contributed by atoms with E-state index in [0.29, 0.717) is 24.0 Å². The molecule has 1 aliphatic heterocycles. The quantitative estimate of drug-likeness (QED) is 0.00305. The van der Waals surface area contributed by atoms with Crippen LogP contribution < -0.4 is 92.5 Å². The first-order valence-corrected chi connectivity index (χ1v) is 48.5. The van der Waals surface area contributed by atoms with E-state index in [9.17, 15) is 55.5 Å². The van der Waals surface area contributed by atoms with E-state index in [0.717, 1.165) is 130 Å². The molecular formula is C109H166BF3LiNa2O23PdS-. The van der Waals surface area contributed by atoms with Gasteiger partial charge in [0.25, 0.3) is 6.47 Å². The third-order valence-electron chi connectivity index (χ3n) is 20.9. The number of phenols is 2. The van der Waals surface area contributed by atoms with Crippen LogP contribution in [-0.2, 0) is 174 Å². The van der Waals surface area contributed by atoms with Crippen LogP contribution in [0.4, 0.5) is 13.2 Å². The first kappa shape index (κ1) is 152. The molecule has 7 rings (SSSR count). The third-order valence-corrected chi connectivity index (χ3v) is 21.9. The smallest absolute Gasteiger partial charge is 0.870 e. The second-order valence-electron chi connectivity index (χ2n) is 33.8. The van der Waals surface area contributed by atoms with Gasteiger partial charge in [-0.2, -0.15) is 21.6 Å². The van der Waals surface area contributed by atoms with Crippen molar-refractivity contribution in [2.75, 3.05) is 28.4 Å². The van der Waals surface area contributed by atoms with Crippen molar-refractivity contribution in [2.45, 2.75) is 360 Å². The van der Waals surface area contributed by atoms with Gasteiger partial charge in [-0.3, -0.25) is 28.8 Å². The van der Waals surface area contributed by atoms with Gasteiger partial charge in [0, 0.05) is 38.9 Å². The summed E-state index contributed by atoms with van der Waals surface area (Å²) in [4.78, 5) is 77.8. The molecule has 6 aromatic carbocycles. The molecule has 1 aliphatic rings. The fraction of sp³-hybridized carbons (Fsp3) is 0.541. The number of esters is 4. The fourth-order valence-corrected chi connectivity index (χ4v) is 14.0. The number of carbonyl (C=O) groups excluding carboxylic acids is 6. The number of carboxylic acids is 2. The Balaban J connectivity index is -0.000000204. The molecule has 141 heavy (non-hydrogen) atoms. The van der Waals surface area contributed by atoms with Gasteiger partial charge in [0.15, 0.2) is 0 Å². The number of methoxy groups -OCH3 is 4. The van der Waals surface area contributed by atoms with Crippen LogP contribution in [0.25, 0.3) is 12.2 Å². The summed E-state index contributed by atoms with van der Waals surface area (Å²) in [6.45, 7) is 29.4. The van der Waals surface area contributed by atoms with Crippen LogP contribution in [-0.4, -0.2) is 124 Å². The number of hydrogen-bond donors (Lipinski definition) is 3. The summed E-state index contributed by atoms with van der Waals surface area (Å²) in [7, 11) is -0.590. The molecule has 0 unspecified atom stereocenters. The summed E-state index contributed by atoms with van der Waals surface area (Å²) in [6, 6.07) is 33.3. The van der Waals surface area contributed by atoms with Gasteiger partial charge in [0.2, 0.25) is 0 Å². The topological polar surface area (TPSA) is 364 Å². The third kappa shape index (κ3) is 73.8. The fourth-order valence-electron chi connectivity index (χ4n) is 13.5. The molecule has 23 nitrogen and oxygen atoms in total. The Labute approximate surface area is 915 Å². The van der Waals surface area contributed by atoms with Crippen molar-refractivity contribution < 1.29 is 222 Å². The number of rotatable bonds is 48. The second-order valence-corrected chi connectivity index (χ2v) is 35.3. The largest absolute Gasteiger partial charge is 1.00 e. The molecule has 0 aliphatic carbocycles. The number of ether oxygens (including phenoxy) is 4. The maximum atomic E-state index is 12.2. The van der Waals surface area contributed by atoms with E-state index in [2.05, 4.69) is 200 Å². The number of alkyl halides is 3. The standard InChI is InChI=1S/C19H30O2.C19H26O2.2C18H28O2.C11H21BO2.C11H11F3O5S.C9H10O4.CH2O3.2CH4.CH3.Li.2Na.H2O.Pd/c2*1-4-6-8-10-16-12-17(11-9-7-5-2)14-18(13-16)15-19(20)21-3;2*1-3-5-7-9-15-11-16(10-8-6-4-2)13-17(12-15)14-18(19)20;1-6-7-8-9-12-13-10(2,3)11(4,5)14-12;1-7-3-8(6-10(15)18-2)5-9(4-7)19-20(16,17)11(12,13)14;1-13-9(12)4-6-2-7(10)5-8(11)3-6;2-1-4-3;;;;;;;;/h12-14H,4-11,15H2,1-3H3;8-14H,4-7,15H2,1-3H3;2*11-13H,3-10,14H2,1-2H3,(H,19,20);8-9H,6-7H2,1-5H3;3-5H,6H2,1-2H3;2-3,5,10-11H,4H2,1H3;1,3H;2*1H4;1H3;;;;1H2;/q;;;;;;;;;;-1;3*+1;;/p-3/b;10-8+,11-9+;;;9-8+;;;;;;;;;;;. The summed E-state index contributed by atoms with van der Waals surface area (Å²) in [6.07, 6.45) is 46.6.